The zero-order chi connectivity index (χ0) is 25.2. The van der Waals surface area contributed by atoms with Crippen molar-refractivity contribution in [3.63, 3.8) is 0 Å². The van der Waals surface area contributed by atoms with Gasteiger partial charge in [-0.2, -0.15) is 0 Å². The van der Waals surface area contributed by atoms with Gasteiger partial charge < -0.3 is 14.7 Å². The van der Waals surface area contributed by atoms with Gasteiger partial charge in [0, 0.05) is 37.9 Å². The van der Waals surface area contributed by atoms with Crippen molar-refractivity contribution in [1.29, 1.82) is 0 Å². The Morgan fingerprint density at radius 2 is 1.64 bits per heavy atom. The first-order valence-corrected chi connectivity index (χ1v) is 12.8. The molecule has 0 atom stereocenters. The molecule has 1 N–H and O–H groups in total. The standard InChI is InChI=1S/C31H34N2O3/c1-21(2)32-15-17-33(18-16-32)26-10-7-22(8-11-26)30-28(23-5-4-6-25(19-23)31(34)35)13-9-24-20-27(36-3)12-14-29(24)30/h4-8,10-12,14,19-21H,9,13,15-18H2,1-3H3,(H,34,35). The van der Waals surface area contributed by atoms with E-state index in [-0.39, 0.29) is 0 Å². The minimum absolute atomic E-state index is 0.316. The molecule has 0 amide bonds. The maximum Gasteiger partial charge on any atom is 0.335 e. The van der Waals surface area contributed by atoms with Gasteiger partial charge >= 0.3 is 5.97 Å². The van der Waals surface area contributed by atoms with Crippen molar-refractivity contribution in [2.75, 3.05) is 38.2 Å². The summed E-state index contributed by atoms with van der Waals surface area (Å²) in [6.45, 7) is 8.78. The monoisotopic (exact) mass is 482 g/mol. The van der Waals surface area contributed by atoms with Crippen molar-refractivity contribution in [3.8, 4) is 5.75 Å². The molecule has 36 heavy (non-hydrogen) atoms. The van der Waals surface area contributed by atoms with Crippen LogP contribution in [0.1, 0.15) is 52.9 Å². The van der Waals surface area contributed by atoms with Crippen LogP contribution >= 0.6 is 0 Å². The Balaban J connectivity index is 1.54. The third kappa shape index (κ3) is 4.76. The molecule has 2 aliphatic rings. The molecule has 5 heteroatoms. The van der Waals surface area contributed by atoms with Crippen molar-refractivity contribution in [3.05, 3.63) is 94.5 Å². The SMILES string of the molecule is COc1ccc2c(c1)CCC(c1cccc(C(=O)O)c1)=C2c1ccc(N2CCN(C(C)C)CC2)cc1. The fourth-order valence-electron chi connectivity index (χ4n) is 5.49. The first-order chi connectivity index (χ1) is 17.4. The summed E-state index contributed by atoms with van der Waals surface area (Å²) in [4.78, 5) is 16.7. The second kappa shape index (κ2) is 10.2. The lowest BCUT2D eigenvalue weighted by atomic mass is 9.79. The zero-order valence-corrected chi connectivity index (χ0v) is 21.3. The van der Waals surface area contributed by atoms with Crippen molar-refractivity contribution in [2.24, 2.45) is 0 Å². The Hall–Kier alpha value is -3.57. The van der Waals surface area contributed by atoms with Gasteiger partial charge in [-0.1, -0.05) is 30.3 Å². The van der Waals surface area contributed by atoms with Gasteiger partial charge in [-0.05, 0) is 96.5 Å². The molecule has 0 bridgehead atoms. The molecule has 1 aliphatic heterocycles. The number of aromatic carboxylic acids is 1. The second-order valence-corrected chi connectivity index (χ2v) is 9.93. The van der Waals surface area contributed by atoms with Gasteiger partial charge in [-0.25, -0.2) is 4.79 Å². The Labute approximate surface area is 213 Å². The molecule has 5 rings (SSSR count). The van der Waals surface area contributed by atoms with Gasteiger partial charge in [0.15, 0.2) is 0 Å². The molecule has 1 saturated heterocycles. The molecule has 0 saturated carbocycles. The number of allylic oxidation sites excluding steroid dienone is 1. The molecule has 0 radical (unpaired) electrons. The van der Waals surface area contributed by atoms with E-state index in [1.807, 2.05) is 18.2 Å². The van der Waals surface area contributed by atoms with E-state index < -0.39 is 5.97 Å². The average Bonchev–Trinajstić information content (AvgIpc) is 2.92. The smallest absolute Gasteiger partial charge is 0.335 e. The number of anilines is 1. The molecule has 186 valence electrons. The minimum atomic E-state index is -0.901. The summed E-state index contributed by atoms with van der Waals surface area (Å²) in [5.41, 5.74) is 8.51. The van der Waals surface area contributed by atoms with Gasteiger partial charge in [0.2, 0.25) is 0 Å². The summed E-state index contributed by atoms with van der Waals surface area (Å²) in [5.74, 6) is -0.0397. The van der Waals surface area contributed by atoms with Crippen molar-refractivity contribution < 1.29 is 14.6 Å². The van der Waals surface area contributed by atoms with Crippen molar-refractivity contribution in [1.82, 2.24) is 4.90 Å². The predicted octanol–water partition coefficient (Wildman–Crippen LogP) is 5.83. The van der Waals surface area contributed by atoms with Crippen LogP contribution in [0.3, 0.4) is 0 Å². The van der Waals surface area contributed by atoms with E-state index in [1.165, 1.54) is 28.0 Å². The number of aryl methyl sites for hydroxylation is 1. The fourth-order valence-corrected chi connectivity index (χ4v) is 5.49. The van der Waals surface area contributed by atoms with Gasteiger partial charge in [0.1, 0.15) is 5.75 Å². The first kappa shape index (κ1) is 24.1. The summed E-state index contributed by atoms with van der Waals surface area (Å²) >= 11 is 0. The van der Waals surface area contributed by atoms with Crippen LogP contribution in [0, 0.1) is 0 Å². The van der Waals surface area contributed by atoms with E-state index in [0.717, 1.165) is 55.9 Å². The average molecular weight is 483 g/mol. The van der Waals surface area contributed by atoms with Gasteiger partial charge in [-0.15, -0.1) is 0 Å². The normalized spacial score (nSPS) is 16.3. The number of nitrogens with zero attached hydrogens (tertiary/aromatic N) is 2. The number of carboxylic acids is 1. The third-order valence-electron chi connectivity index (χ3n) is 7.55. The summed E-state index contributed by atoms with van der Waals surface area (Å²) in [5, 5.41) is 9.57. The number of methoxy groups -OCH3 is 1. The van der Waals surface area contributed by atoms with Gasteiger partial charge in [-0.3, -0.25) is 4.90 Å². The number of carbonyl (C=O) groups is 1. The van der Waals surface area contributed by atoms with Crippen molar-refractivity contribution >= 4 is 22.8 Å². The highest BCUT2D eigenvalue weighted by atomic mass is 16.5. The second-order valence-electron chi connectivity index (χ2n) is 9.93. The number of carboxylic acid groups (broad SMARTS) is 1. The van der Waals surface area contributed by atoms with Gasteiger partial charge in [0.05, 0.1) is 12.7 Å². The maximum absolute atomic E-state index is 11.7. The molecular formula is C31H34N2O3. The summed E-state index contributed by atoms with van der Waals surface area (Å²) in [7, 11) is 1.70. The van der Waals surface area contributed by atoms with Crippen LogP contribution in [0.25, 0.3) is 11.1 Å². The predicted molar refractivity (Wildman–Crippen MR) is 146 cm³/mol. The number of rotatable bonds is 6. The topological polar surface area (TPSA) is 53.0 Å². The van der Waals surface area contributed by atoms with Crippen molar-refractivity contribution in [2.45, 2.75) is 32.7 Å². The highest BCUT2D eigenvalue weighted by molar-refractivity contribution is 6.02. The van der Waals surface area contributed by atoms with Crippen LogP contribution in [0.2, 0.25) is 0 Å². The lowest BCUT2D eigenvalue weighted by Crippen LogP contribution is -2.48. The largest absolute Gasteiger partial charge is 0.497 e. The molecular weight excluding hydrogens is 448 g/mol. The molecule has 0 spiro atoms. The molecule has 1 heterocycles. The molecule has 1 fully saturated rings. The number of fused-ring (bicyclic) bond motifs is 1. The van der Waals surface area contributed by atoms with E-state index in [4.69, 9.17) is 4.74 Å². The van der Waals surface area contributed by atoms with Gasteiger partial charge in [0.25, 0.3) is 0 Å². The Kier molecular flexibility index (Phi) is 6.84. The van der Waals surface area contributed by atoms with Crippen LogP contribution < -0.4 is 9.64 Å². The van der Waals surface area contributed by atoms with E-state index in [0.29, 0.717) is 11.6 Å². The number of benzene rings is 3. The lowest BCUT2D eigenvalue weighted by Gasteiger charge is -2.38. The molecule has 0 unspecified atom stereocenters. The third-order valence-corrected chi connectivity index (χ3v) is 7.55. The summed E-state index contributed by atoms with van der Waals surface area (Å²) in [6, 6.07) is 23.1. The fraction of sp³-hybridized carbons (Fsp3) is 0.323. The molecule has 3 aromatic rings. The molecule has 3 aromatic carbocycles. The van der Waals surface area contributed by atoms with Crippen LogP contribution in [-0.2, 0) is 6.42 Å². The van der Waals surface area contributed by atoms with E-state index in [2.05, 4.69) is 60.0 Å². The number of hydrogen-bond acceptors (Lipinski definition) is 4. The molecule has 1 aliphatic carbocycles. The highest BCUT2D eigenvalue weighted by Crippen LogP contribution is 2.42. The Bertz CT molecular complexity index is 1290. The number of ether oxygens (including phenoxy) is 1. The van der Waals surface area contributed by atoms with Crippen LogP contribution in [0.4, 0.5) is 5.69 Å². The van der Waals surface area contributed by atoms with E-state index in [9.17, 15) is 9.90 Å². The quantitative estimate of drug-likeness (QED) is 0.479. The van der Waals surface area contributed by atoms with E-state index in [1.54, 1.807) is 19.2 Å². The summed E-state index contributed by atoms with van der Waals surface area (Å²) in [6.07, 6.45) is 1.73. The molecule has 5 nitrogen and oxygen atoms in total. The molecule has 0 aromatic heterocycles. The zero-order valence-electron chi connectivity index (χ0n) is 21.3. The Morgan fingerprint density at radius 1 is 0.889 bits per heavy atom. The summed E-state index contributed by atoms with van der Waals surface area (Å²) < 4.78 is 5.49. The number of hydrogen-bond donors (Lipinski definition) is 1. The van der Waals surface area contributed by atoms with Crippen LogP contribution in [0.5, 0.6) is 5.75 Å². The minimum Gasteiger partial charge on any atom is -0.497 e. The maximum atomic E-state index is 11.7. The lowest BCUT2D eigenvalue weighted by molar-refractivity contribution is 0.0697. The Morgan fingerprint density at radius 3 is 2.31 bits per heavy atom. The van der Waals surface area contributed by atoms with Crippen LogP contribution in [0.15, 0.2) is 66.7 Å². The van der Waals surface area contributed by atoms with Crippen LogP contribution in [-0.4, -0.2) is 55.3 Å². The van der Waals surface area contributed by atoms with E-state index >= 15 is 0 Å². The number of piperazine rings is 1. The highest BCUT2D eigenvalue weighted by Gasteiger charge is 2.24. The first-order valence-electron chi connectivity index (χ1n) is 12.8.